The minimum atomic E-state index is -4.53. The third-order valence-electron chi connectivity index (χ3n) is 5.73. The molecule has 40 heavy (non-hydrogen) atoms. The number of carbonyl (C=O) groups is 1. The summed E-state index contributed by atoms with van der Waals surface area (Å²) >= 11 is 0. The molecule has 0 aliphatic carbocycles. The first-order valence-electron chi connectivity index (χ1n) is 14.4. The van der Waals surface area contributed by atoms with Crippen LogP contribution < -0.4 is 15.3 Å². The first kappa shape index (κ1) is 25.5. The van der Waals surface area contributed by atoms with Crippen molar-refractivity contribution in [3.8, 4) is 5.75 Å². The van der Waals surface area contributed by atoms with Crippen LogP contribution >= 0.6 is 7.75 Å². The van der Waals surface area contributed by atoms with E-state index in [4.69, 9.17) is 33.4 Å². The van der Waals surface area contributed by atoms with E-state index < -0.39 is 38.8 Å². The lowest BCUT2D eigenvalue weighted by Crippen LogP contribution is -2.37. The van der Waals surface area contributed by atoms with E-state index in [9.17, 15) is 9.36 Å². The van der Waals surface area contributed by atoms with Crippen molar-refractivity contribution in [2.45, 2.75) is 65.9 Å². The molecule has 0 saturated carbocycles. The zero-order valence-corrected chi connectivity index (χ0v) is 23.8. The topological polar surface area (TPSA) is 140 Å². The van der Waals surface area contributed by atoms with Crippen LogP contribution in [0.3, 0.4) is 0 Å². The Hall–Kier alpha value is -3.50. The van der Waals surface area contributed by atoms with Crippen LogP contribution in [-0.2, 0) is 36.5 Å². The Kier molecular flexibility index (Phi) is 8.14. The monoisotopic (exact) mass is 572 g/mol. The third kappa shape index (κ3) is 6.98. The Morgan fingerprint density at radius 3 is 2.55 bits per heavy atom. The molecule has 2 aromatic carbocycles. The Balaban J connectivity index is 1.73. The van der Waals surface area contributed by atoms with Crippen LogP contribution in [0.15, 0.2) is 54.6 Å². The molecule has 0 aliphatic heterocycles. The summed E-state index contributed by atoms with van der Waals surface area (Å²) in [5.41, 5.74) is 8.10. The normalized spacial score (nSPS) is 16.2. The highest BCUT2D eigenvalue weighted by atomic mass is 31.2. The number of nitrogens with two attached hydrogens (primary N) is 1. The van der Waals surface area contributed by atoms with Crippen LogP contribution in [0, 0.1) is 0 Å². The van der Waals surface area contributed by atoms with Gasteiger partial charge in [0.15, 0.2) is 5.82 Å². The van der Waals surface area contributed by atoms with Crippen molar-refractivity contribution in [2.24, 2.45) is 0 Å². The van der Waals surface area contributed by atoms with E-state index in [1.807, 2.05) is 35.8 Å². The second-order valence-corrected chi connectivity index (χ2v) is 11.0. The molecule has 0 radical (unpaired) electrons. The number of imidazole rings is 1. The molecule has 0 amide bonds. The van der Waals surface area contributed by atoms with Crippen LogP contribution in [0.1, 0.15) is 44.5 Å². The first-order valence-corrected chi connectivity index (χ1v) is 14.5. The van der Waals surface area contributed by atoms with Gasteiger partial charge in [0.1, 0.15) is 29.7 Å². The molecule has 0 aliphatic rings. The second-order valence-electron chi connectivity index (χ2n) is 9.35. The molecule has 214 valence electrons. The van der Waals surface area contributed by atoms with Gasteiger partial charge in [-0.2, -0.15) is 5.09 Å². The van der Waals surface area contributed by atoms with Gasteiger partial charge in [0.05, 0.1) is 29.8 Å². The van der Waals surface area contributed by atoms with Crippen molar-refractivity contribution in [3.63, 3.8) is 0 Å². The van der Waals surface area contributed by atoms with Gasteiger partial charge in [-0.3, -0.25) is 9.32 Å². The summed E-state index contributed by atoms with van der Waals surface area (Å²) in [6.07, 6.45) is -1.48. The minimum absolute atomic E-state index is 0.0883. The summed E-state index contributed by atoms with van der Waals surface area (Å²) in [5.74, 6) is -0.202. The van der Waals surface area contributed by atoms with E-state index >= 15 is 0 Å². The van der Waals surface area contributed by atoms with Crippen LogP contribution in [0.5, 0.6) is 5.75 Å². The minimum Gasteiger partial charge on any atom is -0.462 e. The maximum Gasteiger partial charge on any atom is 0.459 e. The number of anilines is 1. The van der Waals surface area contributed by atoms with Gasteiger partial charge >= 0.3 is 13.7 Å². The number of nitrogens with zero attached hydrogens (tertiary/aromatic N) is 3. The van der Waals surface area contributed by atoms with Crippen molar-refractivity contribution < 1.29 is 32.0 Å². The Bertz CT molecular complexity index is 1620. The van der Waals surface area contributed by atoms with Crippen molar-refractivity contribution in [2.75, 3.05) is 12.3 Å². The fourth-order valence-corrected chi connectivity index (χ4v) is 5.66. The van der Waals surface area contributed by atoms with Crippen molar-refractivity contribution >= 4 is 41.5 Å². The summed E-state index contributed by atoms with van der Waals surface area (Å²) in [6, 6.07) is 13.6. The molecule has 3 atom stereocenters. The number of pyridine rings is 1. The Labute approximate surface area is 237 Å². The van der Waals surface area contributed by atoms with Gasteiger partial charge in [0.2, 0.25) is 0 Å². The predicted molar refractivity (Wildman–Crippen MR) is 154 cm³/mol. The van der Waals surface area contributed by atoms with E-state index in [0.717, 1.165) is 5.39 Å². The number of nitrogen functional groups attached to an aromatic ring is 1. The number of benzene rings is 2. The van der Waals surface area contributed by atoms with E-state index in [2.05, 4.69) is 10.1 Å². The average molecular weight is 573 g/mol. The van der Waals surface area contributed by atoms with Gasteiger partial charge in [-0.15, -0.1) is 0 Å². The number of aromatic nitrogens is 3. The summed E-state index contributed by atoms with van der Waals surface area (Å²) in [7, 11) is -4.53. The molecule has 2 heterocycles. The number of para-hydroxylation sites is 2. The summed E-state index contributed by atoms with van der Waals surface area (Å²) in [4.78, 5) is 22.0. The molecule has 0 bridgehead atoms. The number of carbonyl (C=O) groups excluding carboxylic acids is 1. The smallest absolute Gasteiger partial charge is 0.459 e. The fraction of sp³-hybridized carbons (Fsp3) is 0.393. The molecule has 12 heteroatoms. The SMILES string of the molecule is [2H]C([2H])([2H])[C@H](N[P@](=O)(Oc1ccccc1)O[C@H](C)Cn1c(COCC)nc2c(N)nc3ccccc3c21)C(=O)OC(C)C. The van der Waals surface area contributed by atoms with Crippen LogP contribution in [0.2, 0.25) is 0 Å². The lowest BCUT2D eigenvalue weighted by Gasteiger charge is -2.26. The second kappa shape index (κ2) is 12.8. The highest BCUT2D eigenvalue weighted by molar-refractivity contribution is 7.52. The Morgan fingerprint density at radius 2 is 1.85 bits per heavy atom. The molecule has 11 nitrogen and oxygen atoms in total. The van der Waals surface area contributed by atoms with Gasteiger partial charge in [-0.05, 0) is 52.7 Å². The molecule has 0 spiro atoms. The van der Waals surface area contributed by atoms with Gasteiger partial charge < -0.3 is 24.3 Å². The fourth-order valence-electron chi connectivity index (χ4n) is 4.14. The van der Waals surface area contributed by atoms with E-state index in [0.29, 0.717) is 29.0 Å². The first-order chi connectivity index (χ1) is 20.3. The molecule has 0 saturated heterocycles. The van der Waals surface area contributed by atoms with Crippen LogP contribution in [0.25, 0.3) is 21.9 Å². The van der Waals surface area contributed by atoms with Gasteiger partial charge in [-0.25, -0.2) is 14.5 Å². The van der Waals surface area contributed by atoms with Crippen LogP contribution in [-0.4, -0.2) is 45.4 Å². The quantitative estimate of drug-likeness (QED) is 0.162. The highest BCUT2D eigenvalue weighted by Crippen LogP contribution is 2.46. The number of rotatable bonds is 13. The molecule has 3 N–H and O–H groups in total. The van der Waals surface area contributed by atoms with E-state index in [-0.39, 0.29) is 24.7 Å². The lowest BCUT2D eigenvalue weighted by molar-refractivity contribution is -0.149. The maximum atomic E-state index is 14.3. The molecule has 0 fully saturated rings. The van der Waals surface area contributed by atoms with Crippen molar-refractivity contribution in [1.29, 1.82) is 0 Å². The average Bonchev–Trinajstić information content (AvgIpc) is 3.28. The van der Waals surface area contributed by atoms with Gasteiger partial charge in [0, 0.05) is 16.1 Å². The molecule has 0 unspecified atom stereocenters. The summed E-state index contributed by atoms with van der Waals surface area (Å²) in [6.45, 7) is 4.42. The van der Waals surface area contributed by atoms with E-state index in [1.54, 1.807) is 39.0 Å². The largest absolute Gasteiger partial charge is 0.462 e. The van der Waals surface area contributed by atoms with E-state index in [1.165, 1.54) is 12.1 Å². The van der Waals surface area contributed by atoms with Crippen molar-refractivity contribution in [3.05, 3.63) is 60.4 Å². The number of fused-ring (bicyclic) bond motifs is 3. The number of hydrogen-bond donors (Lipinski definition) is 2. The van der Waals surface area contributed by atoms with Gasteiger partial charge in [0.25, 0.3) is 0 Å². The third-order valence-corrected chi connectivity index (χ3v) is 7.39. The zero-order chi connectivity index (χ0) is 31.4. The lowest BCUT2D eigenvalue weighted by atomic mass is 10.2. The number of ether oxygens (including phenoxy) is 2. The summed E-state index contributed by atoms with van der Waals surface area (Å²) < 4.78 is 62.4. The van der Waals surface area contributed by atoms with Crippen molar-refractivity contribution in [1.82, 2.24) is 19.6 Å². The molecule has 4 aromatic rings. The van der Waals surface area contributed by atoms with Gasteiger partial charge in [-0.1, -0.05) is 36.4 Å². The number of esters is 1. The van der Waals surface area contributed by atoms with Crippen LogP contribution in [0.4, 0.5) is 5.82 Å². The zero-order valence-electron chi connectivity index (χ0n) is 25.9. The maximum absolute atomic E-state index is 14.3. The highest BCUT2D eigenvalue weighted by Gasteiger charge is 2.35. The molecule has 4 rings (SSSR count). The standard InChI is InChI=1S/C28H36N5O6P/c1-6-36-17-24-31-25-26(22-14-10-11-15-23(22)30-27(25)29)33(24)16-19(4)38-40(35,39-21-12-8-7-9-13-21)32-20(5)28(34)37-18(2)3/h7-15,18-20H,6,16-17H2,1-5H3,(H2,29,30)(H,32,35)/t19-,20+,40-/m1/s1/i5D3. The molecular formula is C28H36N5O6P. The molecular weight excluding hydrogens is 533 g/mol. The number of hydrogen-bond acceptors (Lipinski definition) is 9. The Morgan fingerprint density at radius 1 is 1.12 bits per heavy atom. The molecule has 2 aromatic heterocycles. The number of nitrogens with one attached hydrogen (secondary N) is 1. The predicted octanol–water partition coefficient (Wildman–Crippen LogP) is 5.23. The summed E-state index contributed by atoms with van der Waals surface area (Å²) in [5, 5.41) is 3.14.